The summed E-state index contributed by atoms with van der Waals surface area (Å²) in [6.45, 7) is 2.51. The molecule has 15 heteroatoms. The standard InChI is InChI=1S/C35H39N11O3.ClH/c1-21-17-30(33(47)39-31-15-16-45(2)42-31)38-20-28(21)24-7-3-22(4-8-24)18-29(37)35(49)46(34(48)26-9-5-23(19-36)6-10-26)27-13-11-25(12-14-27)32-40-43-44-41-32;/h3-4,7-8,11-17,20,23,26,29H,5-6,9-10,18-19,36-37H2,1-2H3,(H,39,42,47)(H,40,41,43,44);1H/t23-,26-,29-;/m0./s1. The molecule has 0 bridgehead atoms. The Morgan fingerprint density at radius 2 is 1.72 bits per heavy atom. The third kappa shape index (κ3) is 8.10. The minimum Gasteiger partial charge on any atom is -0.330 e. The molecule has 50 heavy (non-hydrogen) atoms. The Labute approximate surface area is 295 Å². The average molecular weight is 698 g/mol. The van der Waals surface area contributed by atoms with Crippen LogP contribution in [0.25, 0.3) is 22.5 Å². The molecule has 0 spiro atoms. The second-order valence-corrected chi connectivity index (χ2v) is 12.5. The summed E-state index contributed by atoms with van der Waals surface area (Å²) in [7, 11) is 1.77. The Morgan fingerprint density at radius 3 is 2.32 bits per heavy atom. The van der Waals surface area contributed by atoms with Crippen molar-refractivity contribution in [3.63, 3.8) is 0 Å². The number of aromatic nitrogens is 7. The van der Waals surface area contributed by atoms with Crippen molar-refractivity contribution in [1.29, 1.82) is 0 Å². The number of rotatable bonds is 10. The van der Waals surface area contributed by atoms with Gasteiger partial charge in [0.15, 0.2) is 11.6 Å². The van der Waals surface area contributed by atoms with Crippen LogP contribution >= 0.6 is 12.4 Å². The van der Waals surface area contributed by atoms with Crippen LogP contribution in [0, 0.1) is 18.8 Å². The smallest absolute Gasteiger partial charge is 0.275 e. The molecule has 260 valence electrons. The number of carbonyl (C=O) groups is 3. The molecule has 14 nitrogen and oxygen atoms in total. The number of nitrogens with one attached hydrogen (secondary N) is 2. The van der Waals surface area contributed by atoms with E-state index in [0.717, 1.165) is 35.1 Å². The monoisotopic (exact) mass is 697 g/mol. The topological polar surface area (TPSA) is 204 Å². The zero-order valence-corrected chi connectivity index (χ0v) is 28.6. The van der Waals surface area contributed by atoms with E-state index >= 15 is 0 Å². The fourth-order valence-corrected chi connectivity index (χ4v) is 6.21. The lowest BCUT2D eigenvalue weighted by Gasteiger charge is -2.32. The van der Waals surface area contributed by atoms with Gasteiger partial charge in [-0.25, -0.2) is 10.00 Å². The number of benzene rings is 2. The maximum Gasteiger partial charge on any atom is 0.275 e. The average Bonchev–Trinajstić information content (AvgIpc) is 3.81. The van der Waals surface area contributed by atoms with Gasteiger partial charge in [-0.15, -0.1) is 17.5 Å². The first kappa shape index (κ1) is 36.0. The molecular weight excluding hydrogens is 658 g/mol. The summed E-state index contributed by atoms with van der Waals surface area (Å²) in [5.41, 5.74) is 17.3. The van der Waals surface area contributed by atoms with Gasteiger partial charge < -0.3 is 16.8 Å². The van der Waals surface area contributed by atoms with E-state index in [1.165, 1.54) is 4.90 Å². The number of carbonyl (C=O) groups excluding carboxylic acids is 3. The van der Waals surface area contributed by atoms with Crippen molar-refractivity contribution in [3.05, 3.63) is 89.9 Å². The quantitative estimate of drug-likeness (QED) is 0.166. The van der Waals surface area contributed by atoms with Crippen LogP contribution in [-0.4, -0.2) is 65.7 Å². The number of amides is 3. The van der Waals surface area contributed by atoms with Crippen LogP contribution in [0.15, 0.2) is 73.1 Å². The van der Waals surface area contributed by atoms with E-state index in [9.17, 15) is 14.4 Å². The van der Waals surface area contributed by atoms with Crippen LogP contribution in [0.4, 0.5) is 11.5 Å². The molecule has 1 atom stereocenters. The Bertz CT molecular complexity index is 1920. The zero-order chi connectivity index (χ0) is 34.5. The summed E-state index contributed by atoms with van der Waals surface area (Å²) in [6, 6.07) is 17.1. The number of imide groups is 1. The first-order chi connectivity index (χ1) is 23.7. The third-order valence-corrected chi connectivity index (χ3v) is 9.05. The number of anilines is 2. The molecule has 1 aliphatic rings. The van der Waals surface area contributed by atoms with Gasteiger partial charge in [-0.1, -0.05) is 24.3 Å². The van der Waals surface area contributed by atoms with Crippen LogP contribution < -0.4 is 21.7 Å². The van der Waals surface area contributed by atoms with Crippen LogP contribution in [0.2, 0.25) is 0 Å². The number of hydrogen-bond donors (Lipinski definition) is 4. The Hall–Kier alpha value is -5.31. The minimum atomic E-state index is -0.964. The molecule has 5 aromatic rings. The van der Waals surface area contributed by atoms with Gasteiger partial charge in [0.05, 0.1) is 11.7 Å². The number of nitrogens with two attached hydrogens (primary N) is 2. The van der Waals surface area contributed by atoms with Gasteiger partial charge >= 0.3 is 0 Å². The molecule has 3 heterocycles. The molecule has 1 aliphatic carbocycles. The number of aryl methyl sites for hydroxylation is 2. The second-order valence-electron chi connectivity index (χ2n) is 12.5. The zero-order valence-electron chi connectivity index (χ0n) is 27.8. The molecule has 1 saturated carbocycles. The van der Waals surface area contributed by atoms with Crippen molar-refractivity contribution in [2.24, 2.45) is 30.4 Å². The lowest BCUT2D eigenvalue weighted by Crippen LogP contribution is -2.50. The molecule has 0 radical (unpaired) electrons. The van der Waals surface area contributed by atoms with Gasteiger partial charge in [0.25, 0.3) is 11.8 Å². The first-order valence-electron chi connectivity index (χ1n) is 16.2. The summed E-state index contributed by atoms with van der Waals surface area (Å²) in [5.74, 6) is -0.0403. The lowest BCUT2D eigenvalue weighted by atomic mass is 9.81. The van der Waals surface area contributed by atoms with Gasteiger partial charge in [0.1, 0.15) is 5.69 Å². The van der Waals surface area contributed by atoms with E-state index in [0.29, 0.717) is 48.2 Å². The highest BCUT2D eigenvalue weighted by molar-refractivity contribution is 6.17. The van der Waals surface area contributed by atoms with Crippen LogP contribution in [0.3, 0.4) is 0 Å². The highest BCUT2D eigenvalue weighted by Gasteiger charge is 2.35. The highest BCUT2D eigenvalue weighted by atomic mass is 35.5. The van der Waals surface area contributed by atoms with Gasteiger partial charge in [0, 0.05) is 42.6 Å². The van der Waals surface area contributed by atoms with Crippen LogP contribution in [-0.2, 0) is 23.1 Å². The summed E-state index contributed by atoms with van der Waals surface area (Å²) < 4.78 is 1.60. The molecular formula is C35H40ClN11O3. The van der Waals surface area contributed by atoms with E-state index in [1.807, 2.05) is 31.2 Å². The number of halogens is 1. The fraction of sp³-hybridized carbons (Fsp3) is 0.314. The lowest BCUT2D eigenvalue weighted by molar-refractivity contribution is -0.130. The number of hydrogen-bond acceptors (Lipinski definition) is 10. The second kappa shape index (κ2) is 15.9. The summed E-state index contributed by atoms with van der Waals surface area (Å²) in [5, 5.41) is 20.8. The van der Waals surface area contributed by atoms with Gasteiger partial charge in [0.2, 0.25) is 5.91 Å². The van der Waals surface area contributed by atoms with Crippen molar-refractivity contribution >= 4 is 41.6 Å². The van der Waals surface area contributed by atoms with Crippen molar-refractivity contribution in [3.8, 4) is 22.5 Å². The van der Waals surface area contributed by atoms with Gasteiger partial charge in [-0.3, -0.25) is 24.0 Å². The van der Waals surface area contributed by atoms with E-state index in [4.69, 9.17) is 11.5 Å². The molecule has 3 aromatic heterocycles. The summed E-state index contributed by atoms with van der Waals surface area (Å²) >= 11 is 0. The van der Waals surface area contributed by atoms with Crippen molar-refractivity contribution < 1.29 is 14.4 Å². The van der Waals surface area contributed by atoms with E-state index in [2.05, 4.69) is 36.0 Å². The number of pyridine rings is 1. The Kier molecular flexibility index (Phi) is 11.5. The van der Waals surface area contributed by atoms with E-state index in [1.54, 1.807) is 60.5 Å². The predicted molar refractivity (Wildman–Crippen MR) is 191 cm³/mol. The fourth-order valence-electron chi connectivity index (χ4n) is 6.21. The maximum absolute atomic E-state index is 14.0. The Balaban J connectivity index is 0.00000486. The molecule has 0 unspecified atom stereocenters. The Morgan fingerprint density at radius 1 is 1.02 bits per heavy atom. The van der Waals surface area contributed by atoms with Crippen LogP contribution in [0.1, 0.15) is 47.3 Å². The largest absolute Gasteiger partial charge is 0.330 e. The SMILES string of the molecule is Cc1cc(C(=O)Nc2ccn(C)n2)ncc1-c1ccc(C[C@H](N)C(=O)N(c2ccc(-c3nnn[nH]3)cc2)C(=O)[C@H]2CC[C@H](CN)CC2)cc1.Cl. The molecule has 0 aliphatic heterocycles. The number of aromatic amines is 1. The van der Waals surface area contributed by atoms with Crippen molar-refractivity contribution in [2.75, 3.05) is 16.8 Å². The summed E-state index contributed by atoms with van der Waals surface area (Å²) in [6.07, 6.45) is 6.69. The van der Waals surface area contributed by atoms with E-state index < -0.39 is 11.9 Å². The molecule has 6 rings (SSSR count). The molecule has 3 amide bonds. The predicted octanol–water partition coefficient (Wildman–Crippen LogP) is 3.84. The molecule has 0 saturated heterocycles. The van der Waals surface area contributed by atoms with Gasteiger partial charge in [-0.05, 0) is 109 Å². The molecule has 2 aromatic carbocycles. The maximum atomic E-state index is 14.0. The summed E-state index contributed by atoms with van der Waals surface area (Å²) in [4.78, 5) is 46.2. The van der Waals surface area contributed by atoms with Crippen molar-refractivity contribution in [1.82, 2.24) is 35.4 Å². The molecule has 1 fully saturated rings. The minimum absolute atomic E-state index is 0. The number of tetrazole rings is 1. The first-order valence-corrected chi connectivity index (χ1v) is 16.2. The highest BCUT2D eigenvalue weighted by Crippen LogP contribution is 2.32. The van der Waals surface area contributed by atoms with Crippen LogP contribution in [0.5, 0.6) is 0 Å². The van der Waals surface area contributed by atoms with E-state index in [-0.39, 0.29) is 42.3 Å². The molecule has 6 N–H and O–H groups in total. The number of nitrogens with zero attached hydrogens (tertiary/aromatic N) is 7. The normalized spacial score (nSPS) is 16.2. The number of H-pyrrole nitrogens is 1. The van der Waals surface area contributed by atoms with Gasteiger partial charge in [-0.2, -0.15) is 5.10 Å². The van der Waals surface area contributed by atoms with Crippen molar-refractivity contribution in [2.45, 2.75) is 45.1 Å². The third-order valence-electron chi connectivity index (χ3n) is 9.05.